The van der Waals surface area contributed by atoms with Gasteiger partial charge >= 0.3 is 0 Å². The molecule has 1 N–H and O–H groups in total. The van der Waals surface area contributed by atoms with E-state index >= 15 is 0 Å². The van der Waals surface area contributed by atoms with Crippen LogP contribution in [0.3, 0.4) is 0 Å². The van der Waals surface area contributed by atoms with Crippen molar-refractivity contribution in [3.05, 3.63) is 171 Å². The van der Waals surface area contributed by atoms with Crippen molar-refractivity contribution in [2.45, 2.75) is 66.0 Å². The van der Waals surface area contributed by atoms with E-state index in [1.54, 1.807) is 12.3 Å². The maximum absolute atomic E-state index is 9.46. The van der Waals surface area contributed by atoms with E-state index in [1.165, 1.54) is 37.7 Å². The number of nitrogens with zero attached hydrogens (tertiary/aromatic N) is 5. The van der Waals surface area contributed by atoms with E-state index in [9.17, 15) is 5.26 Å². The minimum atomic E-state index is 0.213. The Bertz CT molecular complexity index is 2630. The zero-order chi connectivity index (χ0) is 42.0. The third kappa shape index (κ3) is 10.2. The normalized spacial score (nSPS) is 12.8. The molecule has 0 amide bonds. The molecule has 0 aliphatic carbocycles. The molecule has 0 saturated carbocycles. The summed E-state index contributed by atoms with van der Waals surface area (Å²) in [5, 5.41) is 13.5. The minimum Gasteiger partial charge on any atom is -0.493 e. The highest BCUT2D eigenvalue weighted by Crippen LogP contribution is 2.36. The molecule has 310 valence electrons. The molecule has 0 radical (unpaired) electrons. The quantitative estimate of drug-likeness (QED) is 0.0854. The Morgan fingerprint density at radius 1 is 0.721 bits per heavy atom. The van der Waals surface area contributed by atoms with Gasteiger partial charge in [-0.2, -0.15) is 5.26 Å². The number of nitriles is 1. The van der Waals surface area contributed by atoms with Crippen LogP contribution in [0.25, 0.3) is 22.2 Å². The number of benzene rings is 5. The summed E-state index contributed by atoms with van der Waals surface area (Å²) in [4.78, 5) is 11.7. The van der Waals surface area contributed by atoms with Gasteiger partial charge in [0.2, 0.25) is 0 Å². The van der Waals surface area contributed by atoms with Crippen LogP contribution in [0, 0.1) is 25.2 Å². The fraction of sp³-hybridized carbons (Fsp3) is 0.275. The van der Waals surface area contributed by atoms with Crippen molar-refractivity contribution in [2.75, 3.05) is 26.2 Å². The molecule has 9 nitrogen and oxygen atoms in total. The lowest BCUT2D eigenvalue weighted by atomic mass is 9.93. The van der Waals surface area contributed by atoms with Crippen LogP contribution in [0.4, 0.5) is 0 Å². The highest BCUT2D eigenvalue weighted by molar-refractivity contribution is 6.32. The molecule has 10 heteroatoms. The Hall–Kier alpha value is -6.18. The molecule has 61 heavy (non-hydrogen) atoms. The first-order valence-electron chi connectivity index (χ1n) is 21.1. The molecule has 3 heterocycles. The summed E-state index contributed by atoms with van der Waals surface area (Å²) in [6.45, 7) is 10.7. The second-order valence-electron chi connectivity index (χ2n) is 15.6. The van der Waals surface area contributed by atoms with Gasteiger partial charge in [0.05, 0.1) is 34.8 Å². The number of imidazole rings is 1. The first-order chi connectivity index (χ1) is 29.9. The van der Waals surface area contributed by atoms with E-state index in [2.05, 4.69) is 106 Å². The van der Waals surface area contributed by atoms with Crippen molar-refractivity contribution in [3.63, 3.8) is 0 Å². The summed E-state index contributed by atoms with van der Waals surface area (Å²) >= 11 is 7.00. The highest BCUT2D eigenvalue weighted by Gasteiger charge is 2.17. The van der Waals surface area contributed by atoms with Gasteiger partial charge in [-0.3, -0.25) is 4.98 Å². The number of fused-ring (bicyclic) bond motifs is 1. The van der Waals surface area contributed by atoms with Gasteiger partial charge in [-0.1, -0.05) is 84.4 Å². The monoisotopic (exact) mass is 830 g/mol. The number of aromatic nitrogens is 3. The molecule has 0 bridgehead atoms. The van der Waals surface area contributed by atoms with Gasteiger partial charge in [-0.05, 0) is 110 Å². The van der Waals surface area contributed by atoms with Crippen LogP contribution in [-0.4, -0.2) is 45.7 Å². The number of nitrogens with one attached hydrogen (secondary N) is 1. The molecule has 1 aliphatic rings. The number of pyridine rings is 1. The molecule has 1 saturated heterocycles. The van der Waals surface area contributed by atoms with Crippen molar-refractivity contribution in [3.8, 4) is 34.4 Å². The fourth-order valence-corrected chi connectivity index (χ4v) is 8.33. The summed E-state index contributed by atoms with van der Waals surface area (Å²) in [5.41, 5.74) is 11.0. The maximum Gasteiger partial charge on any atom is 0.142 e. The molecule has 8 rings (SSSR count). The number of likely N-dealkylation sites (tertiary alicyclic amines) is 1. The zero-order valence-corrected chi connectivity index (χ0v) is 35.6. The van der Waals surface area contributed by atoms with Gasteiger partial charge in [0, 0.05) is 49.2 Å². The van der Waals surface area contributed by atoms with Crippen molar-refractivity contribution in [1.82, 2.24) is 24.8 Å². The maximum atomic E-state index is 9.46. The third-order valence-electron chi connectivity index (χ3n) is 11.4. The number of para-hydroxylation sites is 2. The number of halogens is 1. The van der Waals surface area contributed by atoms with E-state index in [4.69, 9.17) is 30.8 Å². The highest BCUT2D eigenvalue weighted by atomic mass is 35.5. The van der Waals surface area contributed by atoms with Gasteiger partial charge in [-0.25, -0.2) is 4.98 Å². The van der Waals surface area contributed by atoms with Crippen molar-refractivity contribution >= 4 is 22.6 Å². The predicted octanol–water partition coefficient (Wildman–Crippen LogP) is 10.6. The molecular formula is C51H51ClN6O3. The molecule has 1 aliphatic heterocycles. The SMILES string of the molecule is Cc1c(COc2cc(OCc3cncc(C#N)c3)c(CNCc3nc4ccccc4n3Cc3ccccc3)cc2Cl)cccc1-c1cccc(OCCCN2CCCC2)c1C. The first kappa shape index (κ1) is 41.5. The summed E-state index contributed by atoms with van der Waals surface area (Å²) in [6.07, 6.45) is 6.88. The summed E-state index contributed by atoms with van der Waals surface area (Å²) in [6, 6.07) is 39.0. The molecule has 7 aromatic rings. The second kappa shape index (κ2) is 19.9. The molecular weight excluding hydrogens is 780 g/mol. The third-order valence-corrected chi connectivity index (χ3v) is 11.7. The van der Waals surface area contributed by atoms with Crippen LogP contribution < -0.4 is 19.5 Å². The van der Waals surface area contributed by atoms with Crippen LogP contribution in [0.5, 0.6) is 17.2 Å². The average Bonchev–Trinajstić information content (AvgIpc) is 3.94. The zero-order valence-electron chi connectivity index (χ0n) is 34.9. The van der Waals surface area contributed by atoms with E-state index < -0.39 is 0 Å². The molecule has 0 unspecified atom stereocenters. The lowest BCUT2D eigenvalue weighted by molar-refractivity contribution is 0.262. The summed E-state index contributed by atoms with van der Waals surface area (Å²) < 4.78 is 21.5. The van der Waals surface area contributed by atoms with E-state index in [0.29, 0.717) is 54.9 Å². The summed E-state index contributed by atoms with van der Waals surface area (Å²) in [7, 11) is 0. The van der Waals surface area contributed by atoms with E-state index in [-0.39, 0.29) is 6.61 Å². The van der Waals surface area contributed by atoms with Gasteiger partial charge in [0.15, 0.2) is 0 Å². The molecule has 0 atom stereocenters. The molecule has 5 aromatic carbocycles. The van der Waals surface area contributed by atoms with Crippen LogP contribution >= 0.6 is 11.6 Å². The minimum absolute atomic E-state index is 0.213. The number of hydrogen-bond acceptors (Lipinski definition) is 8. The molecule has 2 aromatic heterocycles. The van der Waals surface area contributed by atoms with E-state index in [1.807, 2.05) is 36.4 Å². The van der Waals surface area contributed by atoms with Crippen molar-refractivity contribution in [1.29, 1.82) is 5.26 Å². The molecule has 1 fully saturated rings. The smallest absolute Gasteiger partial charge is 0.142 e. The van der Waals surface area contributed by atoms with Crippen LogP contribution in [0.2, 0.25) is 5.02 Å². The number of ether oxygens (including phenoxy) is 3. The van der Waals surface area contributed by atoms with Crippen molar-refractivity contribution in [2.24, 2.45) is 0 Å². The largest absolute Gasteiger partial charge is 0.493 e. The first-order valence-corrected chi connectivity index (χ1v) is 21.5. The van der Waals surface area contributed by atoms with Gasteiger partial charge in [0.25, 0.3) is 0 Å². The Labute approximate surface area is 363 Å². The van der Waals surface area contributed by atoms with E-state index in [0.717, 1.165) is 74.5 Å². The van der Waals surface area contributed by atoms with Crippen LogP contribution in [0.1, 0.15) is 64.0 Å². The fourth-order valence-electron chi connectivity index (χ4n) is 8.09. The lowest BCUT2D eigenvalue weighted by Crippen LogP contribution is -2.22. The van der Waals surface area contributed by atoms with Gasteiger partial charge < -0.3 is 29.0 Å². The Morgan fingerprint density at radius 2 is 1.49 bits per heavy atom. The Balaban J connectivity index is 0.990. The average molecular weight is 831 g/mol. The number of rotatable bonds is 18. The second-order valence-corrected chi connectivity index (χ2v) is 16.0. The Morgan fingerprint density at radius 3 is 2.33 bits per heavy atom. The Kier molecular flexibility index (Phi) is 13.6. The topological polar surface area (TPSA) is 97.5 Å². The van der Waals surface area contributed by atoms with Crippen LogP contribution in [0.15, 0.2) is 122 Å². The molecule has 0 spiro atoms. The number of hydrogen-bond donors (Lipinski definition) is 1. The van der Waals surface area contributed by atoms with Crippen molar-refractivity contribution < 1.29 is 14.2 Å². The van der Waals surface area contributed by atoms with Gasteiger partial charge in [-0.15, -0.1) is 0 Å². The summed E-state index contributed by atoms with van der Waals surface area (Å²) in [5.74, 6) is 2.98. The predicted molar refractivity (Wildman–Crippen MR) is 242 cm³/mol. The van der Waals surface area contributed by atoms with Crippen LogP contribution in [-0.2, 0) is 32.8 Å². The lowest BCUT2D eigenvalue weighted by Gasteiger charge is -2.19. The standard InChI is InChI=1S/C51H51ClN6O3/c1-36-41(15-10-16-43(36)44-17-11-20-48(37(44)2)59-24-12-23-57-21-8-9-22-57)35-61-50-27-49(60-34-40-25-39(28-53)29-54-30-40)42(26-45(50)52)31-55-32-51-56-46-18-6-7-19-47(46)58(51)33-38-13-4-3-5-14-38/h3-7,10-11,13-20,25-27,29-30,55H,8-9,12,21-24,31-35H2,1-2H3. The van der Waals surface area contributed by atoms with Gasteiger partial charge in [0.1, 0.15) is 42.4 Å².